The average Bonchev–Trinajstić information content (AvgIpc) is 3.47. The third kappa shape index (κ3) is 4.26. The van der Waals surface area contributed by atoms with Crippen molar-refractivity contribution in [2.75, 3.05) is 19.6 Å². The molecule has 4 unspecified atom stereocenters. The summed E-state index contributed by atoms with van der Waals surface area (Å²) < 4.78 is 0. The Kier molecular flexibility index (Phi) is 7.65. The highest BCUT2D eigenvalue weighted by molar-refractivity contribution is 6.42. The van der Waals surface area contributed by atoms with E-state index in [0.29, 0.717) is 34.1 Å². The molecule has 38 heavy (non-hydrogen) atoms. The van der Waals surface area contributed by atoms with Crippen molar-refractivity contribution in [2.24, 2.45) is 5.92 Å². The molecule has 3 aromatic rings. The molecule has 0 spiro atoms. The zero-order valence-corrected chi connectivity index (χ0v) is 22.9. The van der Waals surface area contributed by atoms with E-state index in [-0.39, 0.29) is 18.2 Å². The molecule has 0 aromatic heterocycles. The SMILES string of the molecule is CCC1(C2CCNC2)C(c2ccc(Cl)c(Cl)c2)C(C(=O)O)(c2ccccc2)C(=O)CN1Cc1ccccc1. The summed E-state index contributed by atoms with van der Waals surface area (Å²) in [6, 6.07) is 24.4. The molecule has 0 aliphatic carbocycles. The number of benzene rings is 3. The highest BCUT2D eigenvalue weighted by Gasteiger charge is 2.67. The van der Waals surface area contributed by atoms with Crippen molar-refractivity contribution in [3.8, 4) is 0 Å². The van der Waals surface area contributed by atoms with Crippen LogP contribution in [-0.2, 0) is 21.5 Å². The third-order valence-corrected chi connectivity index (χ3v) is 9.43. The number of nitrogens with one attached hydrogen (secondary N) is 1. The molecule has 0 bridgehead atoms. The van der Waals surface area contributed by atoms with Crippen LogP contribution in [0.3, 0.4) is 0 Å². The van der Waals surface area contributed by atoms with Crippen molar-refractivity contribution in [3.63, 3.8) is 0 Å². The molecule has 2 N–H and O–H groups in total. The molecule has 0 amide bonds. The fraction of sp³-hybridized carbons (Fsp3) is 0.355. The number of nitrogens with zero attached hydrogens (tertiary/aromatic N) is 1. The van der Waals surface area contributed by atoms with Gasteiger partial charge in [-0.05, 0) is 60.7 Å². The summed E-state index contributed by atoms with van der Waals surface area (Å²) in [5.41, 5.74) is -0.148. The van der Waals surface area contributed by atoms with E-state index in [1.165, 1.54) is 0 Å². The first-order chi connectivity index (χ1) is 18.4. The molecule has 0 saturated carbocycles. The van der Waals surface area contributed by atoms with Gasteiger partial charge in [0, 0.05) is 18.0 Å². The number of Topliss-reactive ketones (excluding diaryl/α,β-unsaturated/α-hetero) is 1. The first-order valence-electron chi connectivity index (χ1n) is 13.1. The quantitative estimate of drug-likeness (QED) is 0.356. The van der Waals surface area contributed by atoms with Gasteiger partial charge in [-0.25, -0.2) is 0 Å². The normalized spacial score (nSPS) is 27.9. The lowest BCUT2D eigenvalue weighted by Crippen LogP contribution is -2.72. The number of piperidine rings is 1. The highest BCUT2D eigenvalue weighted by atomic mass is 35.5. The number of likely N-dealkylation sites (tertiary alicyclic amines) is 1. The number of carbonyl (C=O) groups excluding carboxylic acids is 1. The predicted octanol–water partition coefficient (Wildman–Crippen LogP) is 5.94. The van der Waals surface area contributed by atoms with Crippen LogP contribution in [0.2, 0.25) is 10.0 Å². The fourth-order valence-corrected chi connectivity index (χ4v) is 7.39. The number of hydrogen-bond acceptors (Lipinski definition) is 4. The Morgan fingerprint density at radius 3 is 2.29 bits per heavy atom. The van der Waals surface area contributed by atoms with Gasteiger partial charge in [-0.2, -0.15) is 0 Å². The summed E-state index contributed by atoms with van der Waals surface area (Å²) in [5, 5.41) is 15.3. The van der Waals surface area contributed by atoms with Crippen molar-refractivity contribution >= 4 is 35.0 Å². The monoisotopic (exact) mass is 550 g/mol. The van der Waals surface area contributed by atoms with Crippen LogP contribution < -0.4 is 5.32 Å². The molecule has 4 atom stereocenters. The van der Waals surface area contributed by atoms with Crippen molar-refractivity contribution < 1.29 is 14.7 Å². The van der Waals surface area contributed by atoms with E-state index in [4.69, 9.17) is 23.2 Å². The second-order valence-electron chi connectivity index (χ2n) is 10.4. The van der Waals surface area contributed by atoms with Gasteiger partial charge >= 0.3 is 5.97 Å². The molecule has 2 aliphatic rings. The second kappa shape index (κ2) is 10.8. The Labute approximate surface area is 233 Å². The average molecular weight is 552 g/mol. The summed E-state index contributed by atoms with van der Waals surface area (Å²) in [6.45, 7) is 4.29. The van der Waals surface area contributed by atoms with Crippen LogP contribution in [0.25, 0.3) is 0 Å². The number of carboxylic acids is 1. The third-order valence-electron chi connectivity index (χ3n) is 8.69. The summed E-state index contributed by atoms with van der Waals surface area (Å²) >= 11 is 12.9. The van der Waals surface area contributed by atoms with Crippen molar-refractivity contribution in [1.29, 1.82) is 0 Å². The number of carboxylic acid groups (broad SMARTS) is 1. The van der Waals surface area contributed by atoms with Crippen LogP contribution in [0.4, 0.5) is 0 Å². The minimum Gasteiger partial charge on any atom is -0.480 e. The number of hydrogen-bond donors (Lipinski definition) is 2. The Morgan fingerprint density at radius 2 is 1.71 bits per heavy atom. The van der Waals surface area contributed by atoms with Gasteiger partial charge in [-0.15, -0.1) is 0 Å². The van der Waals surface area contributed by atoms with Gasteiger partial charge in [0.05, 0.1) is 16.6 Å². The van der Waals surface area contributed by atoms with E-state index in [0.717, 1.165) is 25.1 Å². The molecule has 0 radical (unpaired) electrons. The van der Waals surface area contributed by atoms with Gasteiger partial charge < -0.3 is 10.4 Å². The van der Waals surface area contributed by atoms with Crippen LogP contribution in [0.1, 0.15) is 42.4 Å². The summed E-state index contributed by atoms with van der Waals surface area (Å²) in [6.07, 6.45) is 1.54. The number of carbonyl (C=O) groups is 2. The number of rotatable bonds is 7. The first kappa shape index (κ1) is 26.9. The molecule has 2 aliphatic heterocycles. The molecule has 5 rings (SSSR count). The van der Waals surface area contributed by atoms with Crippen LogP contribution in [0.15, 0.2) is 78.9 Å². The van der Waals surface area contributed by atoms with Crippen LogP contribution in [-0.4, -0.2) is 46.9 Å². The van der Waals surface area contributed by atoms with Crippen LogP contribution >= 0.6 is 23.2 Å². The van der Waals surface area contributed by atoms with E-state index < -0.39 is 22.8 Å². The molecule has 2 heterocycles. The lowest BCUT2D eigenvalue weighted by molar-refractivity contribution is -0.162. The van der Waals surface area contributed by atoms with E-state index in [1.807, 2.05) is 30.3 Å². The lowest BCUT2D eigenvalue weighted by Gasteiger charge is -2.60. The number of aliphatic carboxylic acids is 1. The summed E-state index contributed by atoms with van der Waals surface area (Å²) in [4.78, 5) is 30.3. The standard InChI is InChI=1S/C31H32Cl2N2O3/c1-2-30(24-15-16-34-18-24)28(22-13-14-25(32)26(33)17-22)31(29(37)38,23-11-7-4-8-12-23)27(36)20-35(30)19-21-9-5-3-6-10-21/h3-14,17,24,28,34H,2,15-16,18-20H2,1H3,(H,37,38). The van der Waals surface area contributed by atoms with Crippen molar-refractivity contribution in [2.45, 2.75) is 43.2 Å². The van der Waals surface area contributed by atoms with Gasteiger partial charge in [0.25, 0.3) is 0 Å². The summed E-state index contributed by atoms with van der Waals surface area (Å²) in [7, 11) is 0. The largest absolute Gasteiger partial charge is 0.480 e. The maximum absolute atomic E-state index is 14.4. The Morgan fingerprint density at radius 1 is 1.03 bits per heavy atom. The zero-order chi connectivity index (χ0) is 26.9. The van der Waals surface area contributed by atoms with E-state index >= 15 is 0 Å². The van der Waals surface area contributed by atoms with Gasteiger partial charge in [0.2, 0.25) is 0 Å². The Bertz CT molecular complexity index is 1310. The highest BCUT2D eigenvalue weighted by Crippen LogP contribution is 2.57. The van der Waals surface area contributed by atoms with Gasteiger partial charge in [0.15, 0.2) is 11.2 Å². The smallest absolute Gasteiger partial charge is 0.322 e. The van der Waals surface area contributed by atoms with Gasteiger partial charge in [0.1, 0.15) is 0 Å². The lowest BCUT2D eigenvalue weighted by atomic mass is 9.51. The van der Waals surface area contributed by atoms with E-state index in [2.05, 4.69) is 29.3 Å². The molecule has 7 heteroatoms. The number of ketones is 1. The Hall–Kier alpha value is -2.70. The van der Waals surface area contributed by atoms with Gasteiger partial charge in [-0.3, -0.25) is 14.5 Å². The molecule has 2 fully saturated rings. The molecular formula is C31H32Cl2N2O3. The van der Waals surface area contributed by atoms with E-state index in [9.17, 15) is 14.7 Å². The van der Waals surface area contributed by atoms with Crippen LogP contribution in [0, 0.1) is 5.92 Å². The first-order valence-corrected chi connectivity index (χ1v) is 13.9. The fourth-order valence-electron chi connectivity index (χ4n) is 7.09. The second-order valence-corrected chi connectivity index (χ2v) is 11.2. The summed E-state index contributed by atoms with van der Waals surface area (Å²) in [5.74, 6) is -2.04. The molecule has 3 aromatic carbocycles. The van der Waals surface area contributed by atoms with Crippen LogP contribution in [0.5, 0.6) is 0 Å². The van der Waals surface area contributed by atoms with Gasteiger partial charge in [-0.1, -0.05) is 96.9 Å². The molecular weight excluding hydrogens is 519 g/mol. The minimum atomic E-state index is -1.79. The number of halogens is 2. The molecule has 5 nitrogen and oxygen atoms in total. The maximum Gasteiger partial charge on any atom is 0.322 e. The minimum absolute atomic E-state index is 0.0399. The molecule has 2 saturated heterocycles. The topological polar surface area (TPSA) is 69.6 Å². The van der Waals surface area contributed by atoms with Crippen molar-refractivity contribution in [3.05, 3.63) is 106 Å². The zero-order valence-electron chi connectivity index (χ0n) is 21.4. The van der Waals surface area contributed by atoms with E-state index in [1.54, 1.807) is 36.4 Å². The van der Waals surface area contributed by atoms with Crippen molar-refractivity contribution in [1.82, 2.24) is 10.2 Å². The maximum atomic E-state index is 14.4. The Balaban J connectivity index is 1.84. The molecule has 198 valence electrons. The predicted molar refractivity (Wildman–Crippen MR) is 151 cm³/mol.